The highest BCUT2D eigenvalue weighted by atomic mass is 16.5. The molecule has 0 aliphatic carbocycles. The van der Waals surface area contributed by atoms with Crippen LogP contribution in [0.2, 0.25) is 0 Å². The van der Waals surface area contributed by atoms with Gasteiger partial charge in [-0.05, 0) is 19.3 Å². The van der Waals surface area contributed by atoms with Gasteiger partial charge in [-0.3, -0.25) is 4.79 Å². The Morgan fingerprint density at radius 2 is 2.05 bits per heavy atom. The molecule has 0 aromatic rings. The zero-order valence-electron chi connectivity index (χ0n) is 10.8. The van der Waals surface area contributed by atoms with E-state index in [2.05, 4.69) is 5.32 Å². The van der Waals surface area contributed by atoms with E-state index in [9.17, 15) is 19.8 Å². The lowest BCUT2D eigenvalue weighted by Gasteiger charge is -2.33. The zero-order chi connectivity index (χ0) is 13.9. The zero-order valence-corrected chi connectivity index (χ0v) is 10.8. The second-order valence-electron chi connectivity index (χ2n) is 5.25. The number of aliphatic hydroxyl groups excluding tert-OH is 1. The minimum absolute atomic E-state index is 0.108. The molecule has 2 saturated heterocycles. The molecule has 19 heavy (non-hydrogen) atoms. The number of aliphatic hydroxyl groups is 1. The van der Waals surface area contributed by atoms with Gasteiger partial charge in [-0.15, -0.1) is 0 Å². The van der Waals surface area contributed by atoms with E-state index < -0.39 is 17.5 Å². The highest BCUT2D eigenvalue weighted by Crippen LogP contribution is 2.30. The normalized spacial score (nSPS) is 26.2. The monoisotopic (exact) mass is 272 g/mol. The second-order valence-corrected chi connectivity index (χ2v) is 5.25. The predicted molar refractivity (Wildman–Crippen MR) is 65.7 cm³/mol. The average molecular weight is 272 g/mol. The number of carboxylic acid groups (broad SMARTS) is 1. The fourth-order valence-corrected chi connectivity index (χ4v) is 2.51. The van der Waals surface area contributed by atoms with Gasteiger partial charge in [0.15, 0.2) is 0 Å². The maximum absolute atomic E-state index is 11.9. The number of carboxylic acids is 1. The summed E-state index contributed by atoms with van der Waals surface area (Å²) in [6, 6.07) is -0.302. The number of likely N-dealkylation sites (tertiary alicyclic amines) is 1. The van der Waals surface area contributed by atoms with Gasteiger partial charge in [0.05, 0.1) is 11.5 Å². The van der Waals surface area contributed by atoms with Crippen molar-refractivity contribution in [1.29, 1.82) is 0 Å². The van der Waals surface area contributed by atoms with Gasteiger partial charge in [0.25, 0.3) is 0 Å². The summed E-state index contributed by atoms with van der Waals surface area (Å²) >= 11 is 0. The van der Waals surface area contributed by atoms with Crippen molar-refractivity contribution in [2.75, 3.05) is 32.8 Å². The fourth-order valence-electron chi connectivity index (χ4n) is 2.51. The molecule has 0 bridgehead atoms. The van der Waals surface area contributed by atoms with E-state index in [-0.39, 0.29) is 12.6 Å². The van der Waals surface area contributed by atoms with Crippen LogP contribution < -0.4 is 5.32 Å². The summed E-state index contributed by atoms with van der Waals surface area (Å²) in [5, 5.41) is 21.4. The van der Waals surface area contributed by atoms with Crippen LogP contribution in [-0.2, 0) is 9.53 Å². The van der Waals surface area contributed by atoms with E-state index in [0.717, 1.165) is 0 Å². The van der Waals surface area contributed by atoms with Gasteiger partial charge < -0.3 is 25.2 Å². The van der Waals surface area contributed by atoms with Crippen LogP contribution in [0.5, 0.6) is 0 Å². The van der Waals surface area contributed by atoms with Gasteiger partial charge in [-0.1, -0.05) is 0 Å². The van der Waals surface area contributed by atoms with Crippen molar-refractivity contribution in [1.82, 2.24) is 10.2 Å². The lowest BCUT2D eigenvalue weighted by atomic mass is 9.80. The van der Waals surface area contributed by atoms with Crippen LogP contribution in [0.15, 0.2) is 0 Å². The van der Waals surface area contributed by atoms with Crippen LogP contribution in [0.3, 0.4) is 0 Å². The molecule has 3 N–H and O–H groups in total. The quantitative estimate of drug-likeness (QED) is 0.652. The van der Waals surface area contributed by atoms with Gasteiger partial charge in [-0.25, -0.2) is 4.79 Å². The maximum atomic E-state index is 11.9. The number of amides is 2. The topological polar surface area (TPSA) is 99.1 Å². The van der Waals surface area contributed by atoms with E-state index in [1.807, 2.05) is 0 Å². The van der Waals surface area contributed by atoms with E-state index in [1.54, 1.807) is 0 Å². The van der Waals surface area contributed by atoms with Crippen LogP contribution >= 0.6 is 0 Å². The standard InChI is InChI=1S/C12H20N2O5/c15-9-1-4-14(7-9)11(18)13-8-12(10(16)17)2-5-19-6-3-12/h9,15H,1-8H2,(H,13,18)(H,16,17). The lowest BCUT2D eigenvalue weighted by Crippen LogP contribution is -2.49. The number of hydrogen-bond donors (Lipinski definition) is 3. The number of carbonyl (C=O) groups excluding carboxylic acids is 1. The van der Waals surface area contributed by atoms with Crippen molar-refractivity contribution in [2.24, 2.45) is 5.41 Å². The van der Waals surface area contributed by atoms with Crippen molar-refractivity contribution in [2.45, 2.75) is 25.4 Å². The molecule has 0 aromatic heterocycles. The minimum Gasteiger partial charge on any atom is -0.481 e. The summed E-state index contributed by atoms with van der Waals surface area (Å²) in [6.45, 7) is 1.75. The van der Waals surface area contributed by atoms with Gasteiger partial charge in [0.2, 0.25) is 0 Å². The molecule has 0 radical (unpaired) electrons. The Kier molecular flexibility index (Phi) is 4.26. The molecule has 7 nitrogen and oxygen atoms in total. The molecule has 2 heterocycles. The summed E-state index contributed by atoms with van der Waals surface area (Å²) in [4.78, 5) is 24.8. The highest BCUT2D eigenvalue weighted by Gasteiger charge is 2.41. The van der Waals surface area contributed by atoms with E-state index >= 15 is 0 Å². The Morgan fingerprint density at radius 1 is 1.37 bits per heavy atom. The van der Waals surface area contributed by atoms with Crippen molar-refractivity contribution < 1.29 is 24.5 Å². The number of nitrogens with zero attached hydrogens (tertiary/aromatic N) is 1. The Morgan fingerprint density at radius 3 is 2.58 bits per heavy atom. The summed E-state index contributed by atoms with van der Waals surface area (Å²) in [6.07, 6.45) is 0.921. The molecule has 2 amide bonds. The number of β-amino-alcohol motifs (C(OH)–C–C–N with tert-alkyl or cyclic N) is 1. The van der Waals surface area contributed by atoms with Crippen molar-refractivity contribution in [3.8, 4) is 0 Å². The summed E-state index contributed by atoms with van der Waals surface area (Å²) in [5.74, 6) is -0.891. The third-order valence-corrected chi connectivity index (χ3v) is 3.93. The third-order valence-electron chi connectivity index (χ3n) is 3.93. The first kappa shape index (κ1) is 14.1. The number of urea groups is 1. The minimum atomic E-state index is -0.924. The number of aliphatic carboxylic acids is 1. The number of carbonyl (C=O) groups is 2. The highest BCUT2D eigenvalue weighted by molar-refractivity contribution is 5.78. The Bertz CT molecular complexity index is 354. The lowest BCUT2D eigenvalue weighted by molar-refractivity contribution is -0.154. The molecule has 0 saturated carbocycles. The Balaban J connectivity index is 1.88. The van der Waals surface area contributed by atoms with Gasteiger partial charge >= 0.3 is 12.0 Å². The van der Waals surface area contributed by atoms with Crippen LogP contribution in [0.25, 0.3) is 0 Å². The predicted octanol–water partition coefficient (Wildman–Crippen LogP) is -0.356. The molecule has 108 valence electrons. The molecule has 0 spiro atoms. The summed E-state index contributed by atoms with van der Waals surface area (Å²) in [5.41, 5.74) is -0.924. The van der Waals surface area contributed by atoms with Crippen molar-refractivity contribution in [3.63, 3.8) is 0 Å². The van der Waals surface area contributed by atoms with E-state index in [0.29, 0.717) is 45.6 Å². The first-order chi connectivity index (χ1) is 9.03. The molecule has 7 heteroatoms. The van der Waals surface area contributed by atoms with Crippen molar-refractivity contribution >= 4 is 12.0 Å². The van der Waals surface area contributed by atoms with Gasteiger partial charge in [0.1, 0.15) is 0 Å². The molecule has 0 aromatic carbocycles. The van der Waals surface area contributed by atoms with Gasteiger partial charge in [-0.2, -0.15) is 0 Å². The maximum Gasteiger partial charge on any atom is 0.317 e. The summed E-state index contributed by atoms with van der Waals surface area (Å²) < 4.78 is 5.18. The van der Waals surface area contributed by atoms with E-state index in [1.165, 1.54) is 4.90 Å². The van der Waals surface area contributed by atoms with Crippen LogP contribution in [0, 0.1) is 5.41 Å². The second kappa shape index (κ2) is 5.75. The summed E-state index contributed by atoms with van der Waals surface area (Å²) in [7, 11) is 0. The first-order valence-electron chi connectivity index (χ1n) is 6.55. The third kappa shape index (κ3) is 3.16. The average Bonchev–Trinajstić information content (AvgIpc) is 2.83. The molecule has 2 rings (SSSR count). The Hall–Kier alpha value is -1.34. The molecular formula is C12H20N2O5. The molecule has 1 atom stereocenters. The Labute approximate surface area is 111 Å². The van der Waals surface area contributed by atoms with Crippen LogP contribution in [0.1, 0.15) is 19.3 Å². The first-order valence-corrected chi connectivity index (χ1v) is 6.55. The molecule has 2 aliphatic heterocycles. The van der Waals surface area contributed by atoms with E-state index in [4.69, 9.17) is 4.74 Å². The number of ether oxygens (including phenoxy) is 1. The largest absolute Gasteiger partial charge is 0.481 e. The van der Waals surface area contributed by atoms with Gasteiger partial charge in [0, 0.05) is 32.8 Å². The number of hydrogen-bond acceptors (Lipinski definition) is 4. The fraction of sp³-hybridized carbons (Fsp3) is 0.833. The number of nitrogens with one attached hydrogen (secondary N) is 1. The molecule has 1 unspecified atom stereocenters. The van der Waals surface area contributed by atoms with Crippen LogP contribution in [0.4, 0.5) is 4.79 Å². The molecule has 2 aliphatic rings. The molecular weight excluding hydrogens is 252 g/mol. The van der Waals surface area contributed by atoms with Crippen LogP contribution in [-0.4, -0.2) is 66.1 Å². The SMILES string of the molecule is O=C(NCC1(C(=O)O)CCOCC1)N1CCC(O)C1. The smallest absolute Gasteiger partial charge is 0.317 e. The number of rotatable bonds is 3. The van der Waals surface area contributed by atoms with Crippen molar-refractivity contribution in [3.05, 3.63) is 0 Å². The molecule has 2 fully saturated rings.